The summed E-state index contributed by atoms with van der Waals surface area (Å²) >= 11 is 0. The first-order valence-electron chi connectivity index (χ1n) is 6.13. The van der Waals surface area contributed by atoms with E-state index in [-0.39, 0.29) is 17.2 Å². The maximum absolute atomic E-state index is 12.1. The Bertz CT molecular complexity index is 692. The Morgan fingerprint density at radius 1 is 1.00 bits per heavy atom. The molecule has 2 aromatic rings. The minimum absolute atomic E-state index is 0.0915. The first-order chi connectivity index (χ1) is 9.49. The second-order valence-electron chi connectivity index (χ2n) is 4.39. The van der Waals surface area contributed by atoms with Crippen molar-refractivity contribution < 1.29 is 13.2 Å². The van der Waals surface area contributed by atoms with Gasteiger partial charge in [0.2, 0.25) is 10.0 Å². The van der Waals surface area contributed by atoms with Crippen molar-refractivity contribution in [2.45, 2.75) is 18.4 Å². The van der Waals surface area contributed by atoms with E-state index in [1.807, 2.05) is 30.3 Å². The standard InChI is InChI=1S/C15H15NO3S/c1-12(17)14-7-9-15(10-8-14)20(18,19)16-11-13-5-3-2-4-6-13/h2-10,16H,11H2,1H3. The van der Waals surface area contributed by atoms with Crippen molar-refractivity contribution in [2.24, 2.45) is 0 Å². The first-order valence-corrected chi connectivity index (χ1v) is 7.62. The van der Waals surface area contributed by atoms with Crippen LogP contribution in [0.4, 0.5) is 0 Å². The molecular weight excluding hydrogens is 274 g/mol. The number of ketones is 1. The molecule has 0 fully saturated rings. The highest BCUT2D eigenvalue weighted by atomic mass is 32.2. The van der Waals surface area contributed by atoms with Gasteiger partial charge in [0, 0.05) is 12.1 Å². The van der Waals surface area contributed by atoms with Crippen LogP contribution in [0.1, 0.15) is 22.8 Å². The van der Waals surface area contributed by atoms with Crippen LogP contribution in [0.3, 0.4) is 0 Å². The van der Waals surface area contributed by atoms with Gasteiger partial charge in [-0.25, -0.2) is 13.1 Å². The van der Waals surface area contributed by atoms with Gasteiger partial charge in [-0.2, -0.15) is 0 Å². The van der Waals surface area contributed by atoms with Crippen molar-refractivity contribution in [2.75, 3.05) is 0 Å². The second kappa shape index (κ2) is 5.98. The van der Waals surface area contributed by atoms with Crippen LogP contribution in [0, 0.1) is 0 Å². The van der Waals surface area contributed by atoms with Gasteiger partial charge in [-0.3, -0.25) is 4.79 Å². The lowest BCUT2D eigenvalue weighted by atomic mass is 10.2. The van der Waals surface area contributed by atoms with E-state index in [4.69, 9.17) is 0 Å². The number of hydrogen-bond donors (Lipinski definition) is 1. The Balaban J connectivity index is 2.12. The van der Waals surface area contributed by atoms with Gasteiger partial charge in [0.25, 0.3) is 0 Å². The third-order valence-corrected chi connectivity index (χ3v) is 4.30. The van der Waals surface area contributed by atoms with E-state index in [2.05, 4.69) is 4.72 Å². The summed E-state index contributed by atoms with van der Waals surface area (Å²) in [4.78, 5) is 11.3. The van der Waals surface area contributed by atoms with Gasteiger partial charge in [0.05, 0.1) is 4.90 Å². The topological polar surface area (TPSA) is 63.2 Å². The number of rotatable bonds is 5. The molecule has 0 heterocycles. The predicted molar refractivity (Wildman–Crippen MR) is 76.9 cm³/mol. The van der Waals surface area contributed by atoms with Crippen LogP contribution in [-0.4, -0.2) is 14.2 Å². The molecule has 5 heteroatoms. The molecule has 2 rings (SSSR count). The molecule has 0 aliphatic carbocycles. The molecule has 2 aromatic carbocycles. The van der Waals surface area contributed by atoms with E-state index in [0.717, 1.165) is 5.56 Å². The fourth-order valence-corrected chi connectivity index (χ4v) is 2.74. The molecule has 0 bridgehead atoms. The smallest absolute Gasteiger partial charge is 0.240 e. The Kier molecular flexibility index (Phi) is 4.32. The molecule has 1 N–H and O–H groups in total. The second-order valence-corrected chi connectivity index (χ2v) is 6.16. The third-order valence-electron chi connectivity index (χ3n) is 2.88. The molecule has 4 nitrogen and oxygen atoms in total. The Labute approximate surface area is 118 Å². The molecule has 0 spiro atoms. The average molecular weight is 289 g/mol. The number of hydrogen-bond acceptors (Lipinski definition) is 3. The van der Waals surface area contributed by atoms with E-state index >= 15 is 0 Å². The summed E-state index contributed by atoms with van der Waals surface area (Å²) < 4.78 is 26.7. The van der Waals surface area contributed by atoms with E-state index in [9.17, 15) is 13.2 Å². The Morgan fingerprint density at radius 3 is 2.15 bits per heavy atom. The van der Waals surface area contributed by atoms with Gasteiger partial charge >= 0.3 is 0 Å². The number of Topliss-reactive ketones (excluding diaryl/α,β-unsaturated/α-hetero) is 1. The quantitative estimate of drug-likeness (QED) is 0.859. The summed E-state index contributed by atoms with van der Waals surface area (Å²) in [6.45, 7) is 1.68. The zero-order valence-corrected chi connectivity index (χ0v) is 11.9. The summed E-state index contributed by atoms with van der Waals surface area (Å²) in [7, 11) is -3.56. The predicted octanol–water partition coefficient (Wildman–Crippen LogP) is 2.37. The third kappa shape index (κ3) is 3.53. The van der Waals surface area contributed by atoms with Crippen LogP contribution < -0.4 is 4.72 Å². The molecule has 20 heavy (non-hydrogen) atoms. The lowest BCUT2D eigenvalue weighted by Crippen LogP contribution is -2.23. The molecule has 0 radical (unpaired) electrons. The van der Waals surface area contributed by atoms with Crippen molar-refractivity contribution in [1.29, 1.82) is 0 Å². The Morgan fingerprint density at radius 2 is 1.60 bits per heavy atom. The fraction of sp³-hybridized carbons (Fsp3) is 0.133. The number of benzene rings is 2. The Hall–Kier alpha value is -1.98. The first kappa shape index (κ1) is 14.4. The van der Waals surface area contributed by atoms with E-state index in [1.165, 1.54) is 31.2 Å². The molecule has 0 aliphatic rings. The van der Waals surface area contributed by atoms with Crippen LogP contribution in [0.15, 0.2) is 59.5 Å². The summed E-state index contributed by atoms with van der Waals surface area (Å²) in [6.07, 6.45) is 0. The maximum Gasteiger partial charge on any atom is 0.240 e. The van der Waals surface area contributed by atoms with Gasteiger partial charge in [-0.1, -0.05) is 42.5 Å². The highest BCUT2D eigenvalue weighted by Gasteiger charge is 2.13. The largest absolute Gasteiger partial charge is 0.295 e. The maximum atomic E-state index is 12.1. The van der Waals surface area contributed by atoms with Crippen molar-refractivity contribution >= 4 is 15.8 Å². The van der Waals surface area contributed by atoms with Gasteiger partial charge in [0.1, 0.15) is 0 Å². The van der Waals surface area contributed by atoms with Gasteiger partial charge in [0.15, 0.2) is 5.78 Å². The number of sulfonamides is 1. The molecule has 0 atom stereocenters. The van der Waals surface area contributed by atoms with Crippen LogP contribution >= 0.6 is 0 Å². The summed E-state index contributed by atoms with van der Waals surface area (Å²) in [5.41, 5.74) is 1.38. The molecule has 104 valence electrons. The van der Waals surface area contributed by atoms with E-state index in [1.54, 1.807) is 0 Å². The van der Waals surface area contributed by atoms with Gasteiger partial charge in [-0.05, 0) is 24.6 Å². The van der Waals surface area contributed by atoms with Crippen LogP contribution in [-0.2, 0) is 16.6 Å². The van der Waals surface area contributed by atoms with Crippen LogP contribution in [0.5, 0.6) is 0 Å². The highest BCUT2D eigenvalue weighted by Crippen LogP contribution is 2.11. The highest BCUT2D eigenvalue weighted by molar-refractivity contribution is 7.89. The van der Waals surface area contributed by atoms with Crippen molar-refractivity contribution in [1.82, 2.24) is 4.72 Å². The molecule has 0 aliphatic heterocycles. The average Bonchev–Trinajstić information content (AvgIpc) is 2.46. The number of carbonyl (C=O) groups is 1. The monoisotopic (exact) mass is 289 g/mol. The normalized spacial score (nSPS) is 11.2. The van der Waals surface area contributed by atoms with Gasteiger partial charge < -0.3 is 0 Å². The summed E-state index contributed by atoms with van der Waals surface area (Å²) in [5.74, 6) is -0.0915. The van der Waals surface area contributed by atoms with Crippen LogP contribution in [0.25, 0.3) is 0 Å². The lowest BCUT2D eigenvalue weighted by Gasteiger charge is -2.07. The SMILES string of the molecule is CC(=O)c1ccc(S(=O)(=O)NCc2ccccc2)cc1. The molecule has 0 amide bonds. The summed E-state index contributed by atoms with van der Waals surface area (Å²) in [6, 6.07) is 15.2. The molecule has 0 aromatic heterocycles. The van der Waals surface area contributed by atoms with Crippen molar-refractivity contribution in [3.8, 4) is 0 Å². The summed E-state index contributed by atoms with van der Waals surface area (Å²) in [5, 5.41) is 0. The number of carbonyl (C=O) groups excluding carboxylic acids is 1. The van der Waals surface area contributed by atoms with Crippen molar-refractivity contribution in [3.05, 3.63) is 65.7 Å². The molecule has 0 saturated heterocycles. The zero-order chi connectivity index (χ0) is 14.6. The van der Waals surface area contributed by atoms with Crippen molar-refractivity contribution in [3.63, 3.8) is 0 Å². The van der Waals surface area contributed by atoms with Crippen LogP contribution in [0.2, 0.25) is 0 Å². The van der Waals surface area contributed by atoms with E-state index in [0.29, 0.717) is 5.56 Å². The molecule has 0 unspecified atom stereocenters. The lowest BCUT2D eigenvalue weighted by molar-refractivity contribution is 0.101. The zero-order valence-electron chi connectivity index (χ0n) is 11.0. The van der Waals surface area contributed by atoms with E-state index < -0.39 is 10.0 Å². The minimum atomic E-state index is -3.56. The molecule has 0 saturated carbocycles. The fourth-order valence-electron chi connectivity index (χ4n) is 1.73. The van der Waals surface area contributed by atoms with Gasteiger partial charge in [-0.15, -0.1) is 0 Å². The number of nitrogens with one attached hydrogen (secondary N) is 1. The molecular formula is C15H15NO3S. The minimum Gasteiger partial charge on any atom is -0.295 e.